The number of rotatable bonds is 4. The lowest BCUT2D eigenvalue weighted by molar-refractivity contribution is 0.0778. The molecule has 5 nitrogen and oxygen atoms in total. The fourth-order valence-electron chi connectivity index (χ4n) is 2.89. The highest BCUT2D eigenvalue weighted by molar-refractivity contribution is 6.42. The van der Waals surface area contributed by atoms with Crippen LogP contribution in [0.3, 0.4) is 0 Å². The van der Waals surface area contributed by atoms with Crippen molar-refractivity contribution in [1.29, 1.82) is 0 Å². The predicted molar refractivity (Wildman–Crippen MR) is 95.6 cm³/mol. The zero-order chi connectivity index (χ0) is 17.1. The fourth-order valence-corrected chi connectivity index (χ4v) is 3.21. The van der Waals surface area contributed by atoms with Gasteiger partial charge in [-0.15, -0.1) is 0 Å². The summed E-state index contributed by atoms with van der Waals surface area (Å²) in [5, 5.41) is 8.82. The van der Waals surface area contributed by atoms with Crippen LogP contribution in [0.1, 0.15) is 34.9 Å². The van der Waals surface area contributed by atoms with Crippen molar-refractivity contribution in [3.05, 3.63) is 51.8 Å². The summed E-state index contributed by atoms with van der Waals surface area (Å²) in [5.74, 6) is -0.108. The number of halogens is 2. The summed E-state index contributed by atoms with van der Waals surface area (Å²) in [4.78, 5) is 14.2. The first kappa shape index (κ1) is 17.3. The number of nitrogens with one attached hydrogen (secondary N) is 1. The Morgan fingerprint density at radius 2 is 2.21 bits per heavy atom. The number of piperidine rings is 1. The van der Waals surface area contributed by atoms with Gasteiger partial charge in [0.25, 0.3) is 5.91 Å². The minimum Gasteiger partial charge on any atom is -0.336 e. The Morgan fingerprint density at radius 1 is 1.38 bits per heavy atom. The molecule has 1 aromatic carbocycles. The molecule has 1 unspecified atom stereocenters. The van der Waals surface area contributed by atoms with E-state index < -0.39 is 0 Å². The zero-order valence-electron chi connectivity index (χ0n) is 13.5. The lowest BCUT2D eigenvalue weighted by atomic mass is 10.1. The van der Waals surface area contributed by atoms with Gasteiger partial charge in [0.2, 0.25) is 0 Å². The molecule has 128 valence electrons. The molecule has 7 heteroatoms. The van der Waals surface area contributed by atoms with Gasteiger partial charge >= 0.3 is 0 Å². The summed E-state index contributed by atoms with van der Waals surface area (Å²) in [6.07, 6.45) is 4.10. The highest BCUT2D eigenvalue weighted by Crippen LogP contribution is 2.23. The first-order valence-electron chi connectivity index (χ1n) is 8.00. The van der Waals surface area contributed by atoms with Crippen LogP contribution in [0.5, 0.6) is 0 Å². The molecule has 2 aromatic rings. The number of amides is 1. The average Bonchev–Trinajstić information content (AvgIpc) is 3.08. The number of benzene rings is 1. The first-order chi connectivity index (χ1) is 11.5. The molecule has 24 heavy (non-hydrogen) atoms. The zero-order valence-corrected chi connectivity index (χ0v) is 15.0. The lowest BCUT2D eigenvalue weighted by Crippen LogP contribution is -2.32. The highest BCUT2D eigenvalue weighted by atomic mass is 35.5. The second-order valence-electron chi connectivity index (χ2n) is 6.09. The highest BCUT2D eigenvalue weighted by Gasteiger charge is 2.19. The van der Waals surface area contributed by atoms with Crippen LogP contribution in [0, 0.1) is 0 Å². The van der Waals surface area contributed by atoms with Crippen molar-refractivity contribution in [3.8, 4) is 0 Å². The standard InChI is InChI=1S/C17H20Cl2N4O/c1-22(11-12-4-5-14(18)15(19)9-12)17(24)16-6-8-23(21-16)13-3-2-7-20-10-13/h4-6,8-9,13,20H,2-3,7,10-11H2,1H3. The summed E-state index contributed by atoms with van der Waals surface area (Å²) in [6, 6.07) is 7.48. The van der Waals surface area contributed by atoms with E-state index in [1.165, 1.54) is 0 Å². The van der Waals surface area contributed by atoms with Crippen molar-refractivity contribution < 1.29 is 4.79 Å². The molecule has 1 saturated heterocycles. The van der Waals surface area contributed by atoms with Crippen LogP contribution in [0.15, 0.2) is 30.5 Å². The maximum absolute atomic E-state index is 12.6. The molecule has 1 atom stereocenters. The van der Waals surface area contributed by atoms with E-state index in [9.17, 15) is 4.79 Å². The van der Waals surface area contributed by atoms with Gasteiger partial charge in [-0.3, -0.25) is 9.48 Å². The van der Waals surface area contributed by atoms with E-state index in [0.29, 0.717) is 28.3 Å². The Balaban J connectivity index is 1.66. The summed E-state index contributed by atoms with van der Waals surface area (Å²) in [5.41, 5.74) is 1.39. The van der Waals surface area contributed by atoms with Crippen LogP contribution in [0.4, 0.5) is 0 Å². The van der Waals surface area contributed by atoms with Crippen LogP contribution in [0.2, 0.25) is 10.0 Å². The molecule has 1 aliphatic rings. The van der Waals surface area contributed by atoms with Crippen molar-refractivity contribution >= 4 is 29.1 Å². The minimum absolute atomic E-state index is 0.108. The summed E-state index contributed by atoms with van der Waals surface area (Å²) in [7, 11) is 1.76. The Hall–Kier alpha value is -1.56. The van der Waals surface area contributed by atoms with Gasteiger partial charge in [-0.2, -0.15) is 5.10 Å². The largest absolute Gasteiger partial charge is 0.336 e. The molecular formula is C17H20Cl2N4O. The van der Waals surface area contributed by atoms with Gasteiger partial charge in [-0.1, -0.05) is 29.3 Å². The van der Waals surface area contributed by atoms with E-state index in [1.807, 2.05) is 16.9 Å². The number of carbonyl (C=O) groups is 1. The van der Waals surface area contributed by atoms with Crippen molar-refractivity contribution in [2.45, 2.75) is 25.4 Å². The average molecular weight is 367 g/mol. The number of carbonyl (C=O) groups excluding carboxylic acids is 1. The second kappa shape index (κ2) is 7.55. The van der Waals surface area contributed by atoms with Gasteiger partial charge in [0.1, 0.15) is 5.69 Å². The molecule has 0 saturated carbocycles. The predicted octanol–water partition coefficient (Wildman–Crippen LogP) is 3.39. The summed E-state index contributed by atoms with van der Waals surface area (Å²) >= 11 is 11.9. The monoisotopic (exact) mass is 366 g/mol. The van der Waals surface area contributed by atoms with E-state index >= 15 is 0 Å². The van der Waals surface area contributed by atoms with Crippen molar-refractivity contribution in [2.75, 3.05) is 20.1 Å². The molecule has 0 radical (unpaired) electrons. The van der Waals surface area contributed by atoms with Crippen LogP contribution >= 0.6 is 23.2 Å². The quantitative estimate of drug-likeness (QED) is 0.901. The van der Waals surface area contributed by atoms with Gasteiger partial charge in [0.05, 0.1) is 16.1 Å². The normalized spacial score (nSPS) is 17.7. The molecule has 3 rings (SSSR count). The molecule has 0 spiro atoms. The van der Waals surface area contributed by atoms with Gasteiger partial charge in [0.15, 0.2) is 0 Å². The molecule has 0 bridgehead atoms. The van der Waals surface area contributed by atoms with E-state index in [1.54, 1.807) is 30.1 Å². The smallest absolute Gasteiger partial charge is 0.274 e. The summed E-state index contributed by atoms with van der Waals surface area (Å²) in [6.45, 7) is 2.40. The van der Waals surface area contributed by atoms with Crippen molar-refractivity contribution in [1.82, 2.24) is 20.0 Å². The SMILES string of the molecule is CN(Cc1ccc(Cl)c(Cl)c1)C(=O)c1ccn(C2CCCNC2)n1. The number of hydrogen-bond acceptors (Lipinski definition) is 3. The number of aromatic nitrogens is 2. The molecule has 1 N–H and O–H groups in total. The van der Waals surface area contributed by atoms with Gasteiger partial charge < -0.3 is 10.2 Å². The molecule has 2 heterocycles. The van der Waals surface area contributed by atoms with Crippen molar-refractivity contribution in [3.63, 3.8) is 0 Å². The Bertz CT molecular complexity index is 725. The Labute approximate surface area is 151 Å². The van der Waals surface area contributed by atoms with E-state index in [0.717, 1.165) is 31.5 Å². The molecular weight excluding hydrogens is 347 g/mol. The number of hydrogen-bond donors (Lipinski definition) is 1. The van der Waals surface area contributed by atoms with E-state index in [-0.39, 0.29) is 5.91 Å². The Morgan fingerprint density at radius 3 is 2.92 bits per heavy atom. The lowest BCUT2D eigenvalue weighted by Gasteiger charge is -2.23. The molecule has 1 fully saturated rings. The topological polar surface area (TPSA) is 50.2 Å². The Kier molecular flexibility index (Phi) is 5.43. The summed E-state index contributed by atoms with van der Waals surface area (Å²) < 4.78 is 1.90. The van der Waals surface area contributed by atoms with Crippen LogP contribution < -0.4 is 5.32 Å². The van der Waals surface area contributed by atoms with Crippen LogP contribution in [-0.4, -0.2) is 40.7 Å². The third kappa shape index (κ3) is 3.91. The van der Waals surface area contributed by atoms with E-state index in [4.69, 9.17) is 23.2 Å². The maximum atomic E-state index is 12.6. The first-order valence-corrected chi connectivity index (χ1v) is 8.75. The molecule has 1 aromatic heterocycles. The molecule has 1 aliphatic heterocycles. The minimum atomic E-state index is -0.108. The van der Waals surface area contributed by atoms with Crippen LogP contribution in [-0.2, 0) is 6.54 Å². The molecule has 1 amide bonds. The van der Waals surface area contributed by atoms with Gasteiger partial charge in [-0.05, 0) is 43.1 Å². The fraction of sp³-hybridized carbons (Fsp3) is 0.412. The third-order valence-corrected chi connectivity index (χ3v) is 4.96. The maximum Gasteiger partial charge on any atom is 0.274 e. The second-order valence-corrected chi connectivity index (χ2v) is 6.91. The number of nitrogens with zero attached hydrogens (tertiary/aromatic N) is 3. The van der Waals surface area contributed by atoms with Gasteiger partial charge in [-0.25, -0.2) is 0 Å². The van der Waals surface area contributed by atoms with Crippen molar-refractivity contribution in [2.24, 2.45) is 0 Å². The van der Waals surface area contributed by atoms with E-state index in [2.05, 4.69) is 10.4 Å². The third-order valence-electron chi connectivity index (χ3n) is 4.22. The molecule has 0 aliphatic carbocycles. The van der Waals surface area contributed by atoms with Gasteiger partial charge in [0, 0.05) is 26.3 Å². The van der Waals surface area contributed by atoms with Crippen LogP contribution in [0.25, 0.3) is 0 Å².